The Morgan fingerprint density at radius 3 is 2.45 bits per heavy atom. The molecule has 2 aromatic rings. The van der Waals surface area contributed by atoms with Crippen molar-refractivity contribution in [2.45, 2.75) is 19.9 Å². The van der Waals surface area contributed by atoms with E-state index in [0.29, 0.717) is 11.3 Å². The Hall–Kier alpha value is -1.39. The second kappa shape index (κ2) is 5.94. The summed E-state index contributed by atoms with van der Waals surface area (Å²) in [4.78, 5) is 0. The highest BCUT2D eigenvalue weighted by Crippen LogP contribution is 2.33. The fourth-order valence-corrected chi connectivity index (χ4v) is 2.43. The number of aryl methyl sites for hydroxylation is 2. The van der Waals surface area contributed by atoms with Gasteiger partial charge in [-0.25, -0.2) is 4.39 Å². The maximum atomic E-state index is 13.7. The predicted molar refractivity (Wildman–Crippen MR) is 82.6 cm³/mol. The Morgan fingerprint density at radius 1 is 1.15 bits per heavy atom. The van der Waals surface area contributed by atoms with Crippen molar-refractivity contribution in [3.8, 4) is 5.75 Å². The van der Waals surface area contributed by atoms with Crippen LogP contribution in [0, 0.1) is 19.7 Å². The molecule has 0 amide bonds. The second-order valence-corrected chi connectivity index (χ2v) is 5.68. The summed E-state index contributed by atoms with van der Waals surface area (Å²) in [5.74, 6) is 0.460. The van der Waals surface area contributed by atoms with E-state index in [1.807, 2.05) is 25.1 Å². The van der Waals surface area contributed by atoms with Gasteiger partial charge < -0.3 is 10.5 Å². The van der Waals surface area contributed by atoms with Crippen LogP contribution in [-0.4, -0.2) is 7.11 Å². The molecule has 0 aliphatic rings. The molecule has 2 rings (SSSR count). The number of hydrogen-bond acceptors (Lipinski definition) is 2. The lowest BCUT2D eigenvalue weighted by molar-refractivity contribution is 0.407. The zero-order valence-electron chi connectivity index (χ0n) is 11.7. The highest BCUT2D eigenvalue weighted by atomic mass is 79.9. The van der Waals surface area contributed by atoms with Crippen LogP contribution in [-0.2, 0) is 0 Å². The third-order valence-corrected chi connectivity index (χ3v) is 4.26. The Bertz CT molecular complexity index is 643. The van der Waals surface area contributed by atoms with Gasteiger partial charge in [0.05, 0.1) is 13.2 Å². The number of hydrogen-bond donors (Lipinski definition) is 1. The molecule has 0 saturated heterocycles. The average molecular weight is 338 g/mol. The molecule has 0 radical (unpaired) electrons. The average Bonchev–Trinajstić information content (AvgIpc) is 2.43. The summed E-state index contributed by atoms with van der Waals surface area (Å²) in [7, 11) is 1.61. The first-order valence-electron chi connectivity index (χ1n) is 6.29. The van der Waals surface area contributed by atoms with Crippen LogP contribution in [0.5, 0.6) is 5.75 Å². The molecular weight excluding hydrogens is 321 g/mol. The van der Waals surface area contributed by atoms with Crippen molar-refractivity contribution in [3.05, 3.63) is 62.9 Å². The summed E-state index contributed by atoms with van der Waals surface area (Å²) in [6.45, 7) is 3.71. The van der Waals surface area contributed by atoms with Crippen LogP contribution in [0.4, 0.5) is 4.39 Å². The molecular formula is C16H17BrFNO. The standard InChI is InChI=1S/C16H17BrFNO/c1-9-4-5-11(7-14(9)18)16(19)12-8-13(17)10(2)6-15(12)20-3/h4-8,16H,19H2,1-3H3. The minimum absolute atomic E-state index is 0.247. The number of rotatable bonds is 3. The van der Waals surface area contributed by atoms with Gasteiger partial charge in [-0.15, -0.1) is 0 Å². The van der Waals surface area contributed by atoms with Crippen molar-refractivity contribution in [1.29, 1.82) is 0 Å². The zero-order chi connectivity index (χ0) is 14.9. The molecule has 1 atom stereocenters. The second-order valence-electron chi connectivity index (χ2n) is 4.83. The first kappa shape index (κ1) is 15.0. The van der Waals surface area contributed by atoms with Crippen LogP contribution in [0.1, 0.15) is 28.3 Å². The molecule has 0 heterocycles. The SMILES string of the molecule is COc1cc(C)c(Br)cc1C(N)c1ccc(C)c(F)c1. The van der Waals surface area contributed by atoms with Gasteiger partial charge >= 0.3 is 0 Å². The summed E-state index contributed by atoms with van der Waals surface area (Å²) < 4.78 is 20.0. The number of nitrogens with two attached hydrogens (primary N) is 1. The van der Waals surface area contributed by atoms with Gasteiger partial charge in [0.2, 0.25) is 0 Å². The summed E-state index contributed by atoms with van der Waals surface area (Å²) in [5, 5.41) is 0. The Morgan fingerprint density at radius 2 is 1.85 bits per heavy atom. The fourth-order valence-electron chi connectivity index (χ4n) is 2.07. The van der Waals surface area contributed by atoms with Gasteiger partial charge in [-0.3, -0.25) is 0 Å². The van der Waals surface area contributed by atoms with Crippen LogP contribution >= 0.6 is 15.9 Å². The fraction of sp³-hybridized carbons (Fsp3) is 0.250. The highest BCUT2D eigenvalue weighted by Gasteiger charge is 2.16. The van der Waals surface area contributed by atoms with Crippen molar-refractivity contribution in [2.24, 2.45) is 5.73 Å². The van der Waals surface area contributed by atoms with Gasteiger partial charge in [0.1, 0.15) is 11.6 Å². The van der Waals surface area contributed by atoms with E-state index in [1.54, 1.807) is 20.1 Å². The van der Waals surface area contributed by atoms with E-state index in [-0.39, 0.29) is 5.82 Å². The smallest absolute Gasteiger partial charge is 0.126 e. The maximum absolute atomic E-state index is 13.7. The van der Waals surface area contributed by atoms with Crippen LogP contribution < -0.4 is 10.5 Å². The van der Waals surface area contributed by atoms with Crippen molar-refractivity contribution >= 4 is 15.9 Å². The normalized spacial score (nSPS) is 12.3. The molecule has 0 aliphatic heterocycles. The van der Waals surface area contributed by atoms with Gasteiger partial charge in [-0.05, 0) is 48.7 Å². The van der Waals surface area contributed by atoms with Crippen LogP contribution in [0.25, 0.3) is 0 Å². The van der Waals surface area contributed by atoms with E-state index in [4.69, 9.17) is 10.5 Å². The number of methoxy groups -OCH3 is 1. The first-order chi connectivity index (χ1) is 9.43. The van der Waals surface area contributed by atoms with Gasteiger partial charge in [0.25, 0.3) is 0 Å². The third kappa shape index (κ3) is 2.86. The zero-order valence-corrected chi connectivity index (χ0v) is 13.3. The largest absolute Gasteiger partial charge is 0.496 e. The molecule has 0 fully saturated rings. The molecule has 0 spiro atoms. The van der Waals surface area contributed by atoms with E-state index in [2.05, 4.69) is 15.9 Å². The van der Waals surface area contributed by atoms with Crippen LogP contribution in [0.2, 0.25) is 0 Å². The molecule has 4 heteroatoms. The topological polar surface area (TPSA) is 35.2 Å². The summed E-state index contributed by atoms with van der Waals surface area (Å²) in [5.41, 5.74) is 9.49. The molecule has 0 aromatic heterocycles. The molecule has 2 nitrogen and oxygen atoms in total. The predicted octanol–water partition coefficient (Wildman–Crippen LogP) is 4.26. The number of halogens is 2. The van der Waals surface area contributed by atoms with Crippen LogP contribution in [0.3, 0.4) is 0 Å². The Kier molecular flexibility index (Phi) is 4.45. The quantitative estimate of drug-likeness (QED) is 0.907. The molecule has 0 saturated carbocycles. The van der Waals surface area contributed by atoms with Gasteiger partial charge in [-0.2, -0.15) is 0 Å². The van der Waals surface area contributed by atoms with Crippen molar-refractivity contribution in [2.75, 3.05) is 7.11 Å². The van der Waals surface area contributed by atoms with Crippen molar-refractivity contribution in [1.82, 2.24) is 0 Å². The molecule has 2 N–H and O–H groups in total. The van der Waals surface area contributed by atoms with E-state index in [9.17, 15) is 4.39 Å². The lowest BCUT2D eigenvalue weighted by Crippen LogP contribution is -2.14. The Balaban J connectivity index is 2.49. The van der Waals surface area contributed by atoms with Crippen LogP contribution in [0.15, 0.2) is 34.8 Å². The monoisotopic (exact) mass is 337 g/mol. The maximum Gasteiger partial charge on any atom is 0.126 e. The summed E-state index contributed by atoms with van der Waals surface area (Å²) >= 11 is 3.49. The van der Waals surface area contributed by atoms with Gasteiger partial charge in [-0.1, -0.05) is 28.1 Å². The number of ether oxygens (including phenoxy) is 1. The van der Waals surface area contributed by atoms with Crippen molar-refractivity contribution < 1.29 is 9.13 Å². The minimum atomic E-state index is -0.433. The molecule has 20 heavy (non-hydrogen) atoms. The Labute approximate surface area is 126 Å². The summed E-state index contributed by atoms with van der Waals surface area (Å²) in [6.07, 6.45) is 0. The van der Waals surface area contributed by atoms with E-state index >= 15 is 0 Å². The molecule has 1 unspecified atom stereocenters. The molecule has 0 aliphatic carbocycles. The third-order valence-electron chi connectivity index (χ3n) is 3.40. The van der Waals surface area contributed by atoms with E-state index < -0.39 is 6.04 Å². The summed E-state index contributed by atoms with van der Waals surface area (Å²) in [6, 6.07) is 8.47. The van der Waals surface area contributed by atoms with E-state index in [1.165, 1.54) is 6.07 Å². The highest BCUT2D eigenvalue weighted by molar-refractivity contribution is 9.10. The lowest BCUT2D eigenvalue weighted by Gasteiger charge is -2.18. The number of benzene rings is 2. The van der Waals surface area contributed by atoms with Crippen molar-refractivity contribution in [3.63, 3.8) is 0 Å². The van der Waals surface area contributed by atoms with Gasteiger partial charge in [0, 0.05) is 10.0 Å². The first-order valence-corrected chi connectivity index (χ1v) is 7.09. The molecule has 2 aromatic carbocycles. The minimum Gasteiger partial charge on any atom is -0.496 e. The molecule has 0 bridgehead atoms. The van der Waals surface area contributed by atoms with Gasteiger partial charge in [0.15, 0.2) is 0 Å². The lowest BCUT2D eigenvalue weighted by atomic mass is 9.96. The molecule has 106 valence electrons. The van der Waals surface area contributed by atoms with E-state index in [0.717, 1.165) is 21.2 Å².